The van der Waals surface area contributed by atoms with Crippen LogP contribution in [-0.4, -0.2) is 39.8 Å². The quantitative estimate of drug-likeness (QED) is 0.832. The maximum absolute atomic E-state index is 12.2. The van der Waals surface area contributed by atoms with Crippen LogP contribution in [0, 0.1) is 0 Å². The summed E-state index contributed by atoms with van der Waals surface area (Å²) in [5.74, 6) is -0.0560. The Hall–Kier alpha value is -1.99. The summed E-state index contributed by atoms with van der Waals surface area (Å²) in [4.78, 5) is 25.2. The molecular weight excluding hydrogens is 314 g/mol. The van der Waals surface area contributed by atoms with Crippen molar-refractivity contribution in [3.63, 3.8) is 0 Å². The number of hydrogen-bond donors (Lipinski definition) is 0. The number of rotatable bonds is 5. The molecule has 1 aromatic heterocycles. The average molecular weight is 333 g/mol. The topological polar surface area (TPSA) is 64.4 Å². The minimum Gasteiger partial charge on any atom is -0.373 e. The van der Waals surface area contributed by atoms with Gasteiger partial charge in [-0.1, -0.05) is 41.7 Å². The molecule has 1 amide bonds. The molecule has 23 heavy (non-hydrogen) atoms. The van der Waals surface area contributed by atoms with E-state index in [0.29, 0.717) is 19.7 Å². The van der Waals surface area contributed by atoms with Gasteiger partial charge in [0.05, 0.1) is 12.7 Å². The highest BCUT2D eigenvalue weighted by Crippen LogP contribution is 2.16. The van der Waals surface area contributed by atoms with E-state index in [-0.39, 0.29) is 23.4 Å². The molecule has 2 heterocycles. The van der Waals surface area contributed by atoms with E-state index >= 15 is 0 Å². The van der Waals surface area contributed by atoms with Crippen LogP contribution in [0.25, 0.3) is 0 Å². The second kappa shape index (κ2) is 7.52. The zero-order chi connectivity index (χ0) is 16.1. The molecule has 3 rings (SSSR count). The van der Waals surface area contributed by atoms with Crippen LogP contribution in [0.5, 0.6) is 0 Å². The third-order valence-electron chi connectivity index (χ3n) is 3.96. The summed E-state index contributed by atoms with van der Waals surface area (Å²) in [6.07, 6.45) is 1.83. The number of aromatic nitrogens is 2. The first kappa shape index (κ1) is 15.9. The smallest absolute Gasteiger partial charge is 0.325 e. The second-order valence-electron chi connectivity index (χ2n) is 5.54. The molecule has 0 aliphatic carbocycles. The molecule has 122 valence electrons. The number of carbonyl (C=O) groups is 1. The molecule has 0 radical (unpaired) electrons. The summed E-state index contributed by atoms with van der Waals surface area (Å²) in [6.45, 7) is 1.96. The predicted octanol–water partition coefficient (Wildman–Crippen LogP) is 1.51. The summed E-state index contributed by atoms with van der Waals surface area (Å²) in [5, 5.41) is 3.88. The van der Waals surface area contributed by atoms with Crippen LogP contribution in [0.2, 0.25) is 0 Å². The highest BCUT2D eigenvalue weighted by molar-refractivity contribution is 7.06. The van der Waals surface area contributed by atoms with Gasteiger partial charge < -0.3 is 9.64 Å². The molecule has 0 spiro atoms. The van der Waals surface area contributed by atoms with Crippen molar-refractivity contribution in [2.45, 2.75) is 32.1 Å². The summed E-state index contributed by atoms with van der Waals surface area (Å²) in [5.41, 5.74) is 2.62. The molecule has 0 saturated carbocycles. The van der Waals surface area contributed by atoms with Gasteiger partial charge in [-0.25, -0.2) is 4.68 Å². The van der Waals surface area contributed by atoms with Gasteiger partial charge in [-0.05, 0) is 18.4 Å². The highest BCUT2D eigenvalue weighted by Gasteiger charge is 2.23. The summed E-state index contributed by atoms with van der Waals surface area (Å²) in [6, 6.07) is 10.1. The van der Waals surface area contributed by atoms with E-state index in [9.17, 15) is 9.59 Å². The van der Waals surface area contributed by atoms with Gasteiger partial charge in [0.1, 0.15) is 12.1 Å². The maximum Gasteiger partial charge on any atom is 0.325 e. The molecular formula is C16H19N3O3S. The fraction of sp³-hybridized carbons (Fsp3) is 0.438. The van der Waals surface area contributed by atoms with Crippen molar-refractivity contribution in [1.29, 1.82) is 0 Å². The van der Waals surface area contributed by atoms with Gasteiger partial charge in [0.25, 0.3) is 0 Å². The number of likely N-dealkylation sites (tertiary alicyclic amines) is 1. The van der Waals surface area contributed by atoms with Crippen LogP contribution in [0.3, 0.4) is 0 Å². The molecule has 1 aliphatic rings. The van der Waals surface area contributed by atoms with E-state index < -0.39 is 0 Å². The Balaban J connectivity index is 1.44. The third-order valence-corrected chi connectivity index (χ3v) is 4.57. The minimum atomic E-state index is -0.195. The lowest BCUT2D eigenvalue weighted by Gasteiger charge is -2.32. The molecule has 6 nitrogen and oxygen atoms in total. The molecule has 1 aliphatic heterocycles. The summed E-state index contributed by atoms with van der Waals surface area (Å²) in [7, 11) is 0. The number of amides is 1. The summed E-state index contributed by atoms with van der Waals surface area (Å²) < 4.78 is 7.13. The fourth-order valence-electron chi connectivity index (χ4n) is 2.63. The minimum absolute atomic E-state index is 0.0257. The van der Waals surface area contributed by atoms with Crippen LogP contribution < -0.4 is 4.87 Å². The molecule has 1 fully saturated rings. The lowest BCUT2D eigenvalue weighted by atomic mass is 10.1. The monoisotopic (exact) mass is 333 g/mol. The first-order chi connectivity index (χ1) is 11.2. The molecule has 0 unspecified atom stereocenters. The normalized spacial score (nSPS) is 15.7. The Morgan fingerprint density at radius 2 is 2.00 bits per heavy atom. The van der Waals surface area contributed by atoms with Gasteiger partial charge in [0, 0.05) is 13.1 Å². The van der Waals surface area contributed by atoms with Crippen molar-refractivity contribution in [2.75, 3.05) is 13.1 Å². The molecule has 2 aromatic rings. The number of hydrogen-bond acceptors (Lipinski definition) is 5. The molecule has 0 atom stereocenters. The van der Waals surface area contributed by atoms with Gasteiger partial charge in [0.2, 0.25) is 5.91 Å². The van der Waals surface area contributed by atoms with Crippen molar-refractivity contribution >= 4 is 17.2 Å². The van der Waals surface area contributed by atoms with Gasteiger partial charge >= 0.3 is 4.87 Å². The van der Waals surface area contributed by atoms with Crippen molar-refractivity contribution in [3.05, 3.63) is 51.1 Å². The lowest BCUT2D eigenvalue weighted by Crippen LogP contribution is -2.43. The van der Waals surface area contributed by atoms with Crippen LogP contribution in [0.4, 0.5) is 0 Å². The molecule has 7 heteroatoms. The first-order valence-corrected chi connectivity index (χ1v) is 8.54. The second-order valence-corrected chi connectivity index (χ2v) is 6.33. The van der Waals surface area contributed by atoms with Crippen molar-refractivity contribution in [2.24, 2.45) is 0 Å². The number of carbonyl (C=O) groups excluding carboxylic acids is 1. The highest BCUT2D eigenvalue weighted by atomic mass is 32.1. The zero-order valence-corrected chi connectivity index (χ0v) is 13.6. The number of nitrogens with zero attached hydrogens (tertiary/aromatic N) is 3. The number of piperidine rings is 1. The standard InChI is InChI=1S/C16H19N3O3S/c20-15(10-19-16(21)23-12-17-19)18-8-6-14(7-9-18)22-11-13-4-2-1-3-5-13/h1-5,12,14H,6-11H2. The Morgan fingerprint density at radius 1 is 1.26 bits per heavy atom. The van der Waals surface area contributed by atoms with Crippen molar-refractivity contribution in [1.82, 2.24) is 14.7 Å². The molecule has 1 saturated heterocycles. The summed E-state index contributed by atoms with van der Waals surface area (Å²) >= 11 is 1.00. The van der Waals surface area contributed by atoms with Crippen molar-refractivity contribution in [3.8, 4) is 0 Å². The van der Waals surface area contributed by atoms with E-state index in [1.165, 1.54) is 10.2 Å². The van der Waals surface area contributed by atoms with E-state index in [2.05, 4.69) is 5.10 Å². The Bertz CT molecular complexity index is 690. The van der Waals surface area contributed by atoms with Gasteiger partial charge in [-0.2, -0.15) is 5.10 Å². The van der Waals surface area contributed by atoms with Crippen LogP contribution in [-0.2, 0) is 22.7 Å². The zero-order valence-electron chi connectivity index (χ0n) is 12.8. The van der Waals surface area contributed by atoms with E-state index in [1.807, 2.05) is 30.3 Å². The Kier molecular flexibility index (Phi) is 5.19. The predicted molar refractivity (Wildman–Crippen MR) is 87.2 cm³/mol. The SMILES string of the molecule is O=C(Cn1ncsc1=O)N1CCC(OCc2ccccc2)CC1. The number of ether oxygens (including phenoxy) is 1. The van der Waals surface area contributed by atoms with Gasteiger partial charge in [-0.15, -0.1) is 0 Å². The lowest BCUT2D eigenvalue weighted by molar-refractivity contribution is -0.134. The van der Waals surface area contributed by atoms with E-state index in [0.717, 1.165) is 29.7 Å². The number of benzene rings is 1. The van der Waals surface area contributed by atoms with Crippen LogP contribution in [0.1, 0.15) is 18.4 Å². The van der Waals surface area contributed by atoms with Crippen LogP contribution >= 0.6 is 11.3 Å². The average Bonchev–Trinajstić information content (AvgIpc) is 2.99. The maximum atomic E-state index is 12.2. The van der Waals surface area contributed by atoms with Crippen LogP contribution in [0.15, 0.2) is 40.6 Å². The van der Waals surface area contributed by atoms with E-state index in [4.69, 9.17) is 4.74 Å². The fourth-order valence-corrected chi connectivity index (χ4v) is 3.11. The van der Waals surface area contributed by atoms with Crippen molar-refractivity contribution < 1.29 is 9.53 Å². The molecule has 0 N–H and O–H groups in total. The largest absolute Gasteiger partial charge is 0.373 e. The Labute approximate surface area is 138 Å². The molecule has 0 bridgehead atoms. The van der Waals surface area contributed by atoms with E-state index in [1.54, 1.807) is 4.90 Å². The van der Waals surface area contributed by atoms with Gasteiger partial charge in [0.15, 0.2) is 0 Å². The molecule has 1 aromatic carbocycles. The third kappa shape index (κ3) is 4.27. The first-order valence-electron chi connectivity index (χ1n) is 7.66. The van der Waals surface area contributed by atoms with Gasteiger partial charge in [-0.3, -0.25) is 9.59 Å². The Morgan fingerprint density at radius 3 is 2.65 bits per heavy atom.